The first-order chi connectivity index (χ1) is 10.0. The summed E-state index contributed by atoms with van der Waals surface area (Å²) < 4.78 is 13.5. The van der Waals surface area contributed by atoms with E-state index in [9.17, 15) is 4.39 Å². The second kappa shape index (κ2) is 6.85. The van der Waals surface area contributed by atoms with Crippen molar-refractivity contribution >= 4 is 29.2 Å². The van der Waals surface area contributed by atoms with Crippen LogP contribution in [0.2, 0.25) is 5.02 Å². The highest BCUT2D eigenvalue weighted by Crippen LogP contribution is 2.35. The van der Waals surface area contributed by atoms with Gasteiger partial charge in [-0.2, -0.15) is 11.8 Å². The van der Waals surface area contributed by atoms with Crippen molar-refractivity contribution in [2.24, 2.45) is 10.9 Å². The summed E-state index contributed by atoms with van der Waals surface area (Å²) in [5.41, 5.74) is 6.46. The standard InChI is InChI=1S/C14H19ClFN3OS/c1-21-14(13(17)18-20)4-6-19(7-5-14)9-10-2-3-11(15)8-12(10)16/h2-3,8,20H,4-7,9H2,1H3,(H2,17,18). The second-order valence-corrected chi connectivity index (χ2v) is 6.82. The molecule has 0 atom stereocenters. The fraction of sp³-hybridized carbons (Fsp3) is 0.500. The minimum atomic E-state index is -0.316. The number of piperidine rings is 1. The lowest BCUT2D eigenvalue weighted by Gasteiger charge is -2.39. The summed E-state index contributed by atoms with van der Waals surface area (Å²) in [6.45, 7) is 2.10. The van der Waals surface area contributed by atoms with Gasteiger partial charge in [-0.1, -0.05) is 22.8 Å². The Balaban J connectivity index is 2.01. The van der Waals surface area contributed by atoms with Gasteiger partial charge in [0, 0.05) is 30.2 Å². The van der Waals surface area contributed by atoms with Crippen LogP contribution in [0.1, 0.15) is 18.4 Å². The van der Waals surface area contributed by atoms with Crippen molar-refractivity contribution in [2.45, 2.75) is 24.1 Å². The van der Waals surface area contributed by atoms with Gasteiger partial charge in [0.25, 0.3) is 0 Å². The predicted molar refractivity (Wildman–Crippen MR) is 85.6 cm³/mol. The lowest BCUT2D eigenvalue weighted by molar-refractivity contribution is 0.207. The molecule has 1 heterocycles. The van der Waals surface area contributed by atoms with Crippen molar-refractivity contribution in [3.05, 3.63) is 34.6 Å². The van der Waals surface area contributed by atoms with Crippen molar-refractivity contribution in [2.75, 3.05) is 19.3 Å². The average Bonchev–Trinajstić information content (AvgIpc) is 2.50. The molecular formula is C14H19ClFN3OS. The molecule has 1 aliphatic heterocycles. The molecule has 0 aliphatic carbocycles. The molecule has 21 heavy (non-hydrogen) atoms. The SMILES string of the molecule is CSC1(/C(N)=N/O)CCN(Cc2ccc(Cl)cc2F)CC1. The highest BCUT2D eigenvalue weighted by atomic mass is 35.5. The van der Waals surface area contributed by atoms with E-state index in [0.29, 0.717) is 17.1 Å². The largest absolute Gasteiger partial charge is 0.409 e. The molecule has 7 heteroatoms. The maximum Gasteiger partial charge on any atom is 0.155 e. The molecule has 1 aromatic rings. The Morgan fingerprint density at radius 3 is 2.71 bits per heavy atom. The minimum absolute atomic E-state index is 0.271. The molecule has 0 unspecified atom stereocenters. The molecule has 1 aliphatic rings. The van der Waals surface area contributed by atoms with Crippen LogP contribution in [0, 0.1) is 5.82 Å². The summed E-state index contributed by atoms with van der Waals surface area (Å²) >= 11 is 7.36. The Kier molecular flexibility index (Phi) is 5.35. The van der Waals surface area contributed by atoms with Crippen molar-refractivity contribution in [3.63, 3.8) is 0 Å². The third kappa shape index (κ3) is 3.62. The zero-order valence-electron chi connectivity index (χ0n) is 11.9. The molecule has 0 amide bonds. The van der Waals surface area contributed by atoms with Crippen LogP contribution < -0.4 is 5.73 Å². The molecule has 1 fully saturated rings. The molecular weight excluding hydrogens is 313 g/mol. The number of rotatable bonds is 4. The van der Waals surface area contributed by atoms with Gasteiger partial charge in [0.05, 0.1) is 4.75 Å². The maximum atomic E-state index is 13.8. The van der Waals surface area contributed by atoms with E-state index in [1.54, 1.807) is 23.9 Å². The van der Waals surface area contributed by atoms with E-state index in [1.165, 1.54) is 6.07 Å². The maximum absolute atomic E-state index is 13.8. The minimum Gasteiger partial charge on any atom is -0.409 e. The number of benzene rings is 1. The number of oxime groups is 1. The average molecular weight is 332 g/mol. The smallest absolute Gasteiger partial charge is 0.155 e. The van der Waals surface area contributed by atoms with E-state index in [2.05, 4.69) is 10.1 Å². The van der Waals surface area contributed by atoms with E-state index in [4.69, 9.17) is 22.5 Å². The second-order valence-electron chi connectivity index (χ2n) is 5.20. The summed E-state index contributed by atoms with van der Waals surface area (Å²) in [5, 5.41) is 12.5. The van der Waals surface area contributed by atoms with Crippen LogP contribution in [0.4, 0.5) is 4.39 Å². The van der Waals surface area contributed by atoms with E-state index >= 15 is 0 Å². The van der Waals surface area contributed by atoms with Gasteiger partial charge in [-0.3, -0.25) is 4.90 Å². The fourth-order valence-electron chi connectivity index (χ4n) is 2.62. The van der Waals surface area contributed by atoms with Gasteiger partial charge in [-0.15, -0.1) is 0 Å². The van der Waals surface area contributed by atoms with Gasteiger partial charge < -0.3 is 10.9 Å². The lowest BCUT2D eigenvalue weighted by atomic mass is 9.94. The Morgan fingerprint density at radius 2 is 2.19 bits per heavy atom. The lowest BCUT2D eigenvalue weighted by Crippen LogP contribution is -2.49. The number of likely N-dealkylation sites (tertiary alicyclic amines) is 1. The molecule has 0 aromatic heterocycles. The van der Waals surface area contributed by atoms with E-state index < -0.39 is 0 Å². The molecule has 2 rings (SSSR count). The van der Waals surface area contributed by atoms with Gasteiger partial charge in [0.1, 0.15) is 5.82 Å². The van der Waals surface area contributed by atoms with Crippen LogP contribution in [-0.4, -0.2) is 40.0 Å². The van der Waals surface area contributed by atoms with Crippen LogP contribution in [0.25, 0.3) is 0 Å². The summed E-state index contributed by atoms with van der Waals surface area (Å²) in [4.78, 5) is 2.17. The summed E-state index contributed by atoms with van der Waals surface area (Å²) in [6.07, 6.45) is 3.52. The summed E-state index contributed by atoms with van der Waals surface area (Å²) in [6, 6.07) is 4.76. The van der Waals surface area contributed by atoms with Gasteiger partial charge >= 0.3 is 0 Å². The number of halogens is 2. The zero-order valence-corrected chi connectivity index (χ0v) is 13.4. The van der Waals surface area contributed by atoms with E-state index in [1.807, 2.05) is 6.26 Å². The topological polar surface area (TPSA) is 61.9 Å². The fourth-order valence-corrected chi connectivity index (χ4v) is 3.62. The first kappa shape index (κ1) is 16.4. The van der Waals surface area contributed by atoms with Crippen LogP contribution in [-0.2, 0) is 6.54 Å². The predicted octanol–water partition coefficient (Wildman–Crippen LogP) is 2.92. The van der Waals surface area contributed by atoms with Gasteiger partial charge in [-0.05, 0) is 31.2 Å². The van der Waals surface area contributed by atoms with Crippen LogP contribution in [0.3, 0.4) is 0 Å². The summed E-state index contributed by atoms with van der Waals surface area (Å²) in [5.74, 6) is -0.00652. The van der Waals surface area contributed by atoms with E-state index in [-0.39, 0.29) is 16.4 Å². The first-order valence-corrected chi connectivity index (χ1v) is 8.30. The van der Waals surface area contributed by atoms with Crippen molar-refractivity contribution in [3.8, 4) is 0 Å². The summed E-state index contributed by atoms with van der Waals surface area (Å²) in [7, 11) is 0. The number of nitrogens with zero attached hydrogens (tertiary/aromatic N) is 2. The normalized spacial score (nSPS) is 19.7. The number of hydrogen-bond acceptors (Lipinski definition) is 4. The monoisotopic (exact) mass is 331 g/mol. The quantitative estimate of drug-likeness (QED) is 0.385. The molecule has 1 aromatic carbocycles. The Morgan fingerprint density at radius 1 is 1.52 bits per heavy atom. The van der Waals surface area contributed by atoms with Gasteiger partial charge in [-0.25, -0.2) is 4.39 Å². The molecule has 0 saturated carbocycles. The Bertz CT molecular complexity index is 533. The Labute approximate surface area is 133 Å². The van der Waals surface area contributed by atoms with Crippen LogP contribution >= 0.6 is 23.4 Å². The number of hydrogen-bond donors (Lipinski definition) is 2. The Hall–Kier alpha value is -0.980. The highest BCUT2D eigenvalue weighted by Gasteiger charge is 2.38. The van der Waals surface area contributed by atoms with Crippen molar-refractivity contribution in [1.82, 2.24) is 4.90 Å². The molecule has 4 nitrogen and oxygen atoms in total. The highest BCUT2D eigenvalue weighted by molar-refractivity contribution is 8.00. The number of thioether (sulfide) groups is 1. The van der Waals surface area contributed by atoms with Crippen molar-refractivity contribution < 1.29 is 9.60 Å². The van der Waals surface area contributed by atoms with Gasteiger partial charge in [0.15, 0.2) is 5.84 Å². The molecule has 0 spiro atoms. The van der Waals surface area contributed by atoms with Gasteiger partial charge in [0.2, 0.25) is 0 Å². The van der Waals surface area contributed by atoms with Crippen LogP contribution in [0.5, 0.6) is 0 Å². The number of nitrogens with two attached hydrogens (primary N) is 1. The molecule has 0 radical (unpaired) electrons. The van der Waals surface area contributed by atoms with Crippen molar-refractivity contribution in [1.29, 1.82) is 0 Å². The molecule has 116 valence electrons. The third-order valence-electron chi connectivity index (χ3n) is 4.04. The van der Waals surface area contributed by atoms with E-state index in [0.717, 1.165) is 25.9 Å². The third-order valence-corrected chi connectivity index (χ3v) is 5.67. The molecule has 0 bridgehead atoms. The van der Waals surface area contributed by atoms with Crippen LogP contribution in [0.15, 0.2) is 23.4 Å². The molecule has 1 saturated heterocycles. The molecule has 3 N–H and O–H groups in total. The first-order valence-electron chi connectivity index (χ1n) is 6.70. The number of amidine groups is 1. The zero-order chi connectivity index (χ0) is 15.5.